The quantitative estimate of drug-likeness (QED) is 0.859. The van der Waals surface area contributed by atoms with Gasteiger partial charge in [-0.25, -0.2) is 0 Å². The van der Waals surface area contributed by atoms with E-state index in [0.717, 1.165) is 31.0 Å². The van der Waals surface area contributed by atoms with Gasteiger partial charge in [0.15, 0.2) is 5.75 Å². The fourth-order valence-electron chi connectivity index (χ4n) is 3.13. The Kier molecular flexibility index (Phi) is 5.25. The molecule has 4 heteroatoms. The molecule has 0 amide bonds. The summed E-state index contributed by atoms with van der Waals surface area (Å²) in [6, 6.07) is 0. The van der Waals surface area contributed by atoms with Crippen molar-refractivity contribution in [3.8, 4) is 5.75 Å². The van der Waals surface area contributed by atoms with E-state index in [0.29, 0.717) is 5.75 Å². The summed E-state index contributed by atoms with van der Waals surface area (Å²) in [4.78, 5) is 0. The summed E-state index contributed by atoms with van der Waals surface area (Å²) in [5.41, 5.74) is 0.834. The second kappa shape index (κ2) is 6.94. The van der Waals surface area contributed by atoms with Gasteiger partial charge in [0.2, 0.25) is 0 Å². The normalized spacial score (nSPS) is 18.5. The fourth-order valence-corrected chi connectivity index (χ4v) is 3.13. The van der Waals surface area contributed by atoms with E-state index in [9.17, 15) is 5.11 Å². The third-order valence-electron chi connectivity index (χ3n) is 4.25. The van der Waals surface area contributed by atoms with Crippen LogP contribution in [0.1, 0.15) is 63.7 Å². The molecule has 0 aliphatic heterocycles. The van der Waals surface area contributed by atoms with Crippen molar-refractivity contribution in [3.63, 3.8) is 0 Å². The molecule has 1 aromatic rings. The molecule has 0 saturated heterocycles. The molecule has 1 atom stereocenters. The molecule has 1 unspecified atom stereocenters. The SMILES string of the molecule is CCn1ncc(OC)c1C(O)CCC1CCCCC1. The summed E-state index contributed by atoms with van der Waals surface area (Å²) >= 11 is 0. The number of hydrogen-bond donors (Lipinski definition) is 1. The molecule has 0 radical (unpaired) electrons. The van der Waals surface area contributed by atoms with E-state index >= 15 is 0 Å². The Morgan fingerprint density at radius 3 is 2.79 bits per heavy atom. The second-order valence-corrected chi connectivity index (χ2v) is 5.51. The number of nitrogens with zero attached hydrogens (tertiary/aromatic N) is 2. The van der Waals surface area contributed by atoms with Crippen LogP contribution in [0.5, 0.6) is 5.75 Å². The van der Waals surface area contributed by atoms with Crippen LogP contribution in [0, 0.1) is 5.92 Å². The Hall–Kier alpha value is -1.03. The molecule has 1 aromatic heterocycles. The van der Waals surface area contributed by atoms with Crippen LogP contribution in [0.25, 0.3) is 0 Å². The van der Waals surface area contributed by atoms with E-state index in [2.05, 4.69) is 5.10 Å². The van der Waals surface area contributed by atoms with E-state index in [1.807, 2.05) is 11.6 Å². The first-order chi connectivity index (χ1) is 9.26. The molecule has 1 N–H and O–H groups in total. The van der Waals surface area contributed by atoms with E-state index in [4.69, 9.17) is 4.74 Å². The zero-order valence-electron chi connectivity index (χ0n) is 12.1. The highest BCUT2D eigenvalue weighted by molar-refractivity contribution is 5.27. The monoisotopic (exact) mass is 266 g/mol. The number of ether oxygens (including phenoxy) is 1. The molecule has 19 heavy (non-hydrogen) atoms. The Balaban J connectivity index is 1.94. The number of aliphatic hydroxyl groups excluding tert-OH is 1. The Morgan fingerprint density at radius 1 is 1.42 bits per heavy atom. The number of hydrogen-bond acceptors (Lipinski definition) is 3. The Morgan fingerprint density at radius 2 is 2.16 bits per heavy atom. The highest BCUT2D eigenvalue weighted by atomic mass is 16.5. The maximum Gasteiger partial charge on any atom is 0.162 e. The zero-order valence-corrected chi connectivity index (χ0v) is 12.1. The largest absolute Gasteiger partial charge is 0.493 e. The van der Waals surface area contributed by atoms with Crippen LogP contribution >= 0.6 is 0 Å². The standard InChI is InChI=1S/C15H26N2O2/c1-3-17-15(14(19-2)11-16-17)13(18)10-9-12-7-5-4-6-8-12/h11-13,18H,3-10H2,1-2H3. The third kappa shape index (κ3) is 3.50. The lowest BCUT2D eigenvalue weighted by Gasteiger charge is -2.23. The summed E-state index contributed by atoms with van der Waals surface area (Å²) in [5, 5.41) is 14.7. The van der Waals surface area contributed by atoms with Gasteiger partial charge in [0, 0.05) is 6.54 Å². The first-order valence-electron chi connectivity index (χ1n) is 7.54. The van der Waals surface area contributed by atoms with Gasteiger partial charge in [0.25, 0.3) is 0 Å². The van der Waals surface area contributed by atoms with Gasteiger partial charge in [0.05, 0.1) is 19.4 Å². The maximum absolute atomic E-state index is 10.4. The average molecular weight is 266 g/mol. The van der Waals surface area contributed by atoms with Gasteiger partial charge in [-0.2, -0.15) is 5.10 Å². The first-order valence-corrected chi connectivity index (χ1v) is 7.54. The van der Waals surface area contributed by atoms with Gasteiger partial charge in [-0.3, -0.25) is 4.68 Å². The summed E-state index contributed by atoms with van der Waals surface area (Å²) < 4.78 is 7.14. The summed E-state index contributed by atoms with van der Waals surface area (Å²) in [7, 11) is 1.63. The average Bonchev–Trinajstić information content (AvgIpc) is 2.89. The van der Waals surface area contributed by atoms with Crippen molar-refractivity contribution in [2.75, 3.05) is 7.11 Å². The van der Waals surface area contributed by atoms with Crippen LogP contribution < -0.4 is 4.74 Å². The lowest BCUT2D eigenvalue weighted by molar-refractivity contribution is 0.138. The molecule has 0 spiro atoms. The predicted molar refractivity (Wildman–Crippen MR) is 75.2 cm³/mol. The van der Waals surface area contributed by atoms with Crippen molar-refractivity contribution in [1.82, 2.24) is 9.78 Å². The number of aryl methyl sites for hydroxylation is 1. The van der Waals surface area contributed by atoms with Gasteiger partial charge in [-0.1, -0.05) is 32.1 Å². The Labute approximate surface area is 115 Å². The number of methoxy groups -OCH3 is 1. The summed E-state index contributed by atoms with van der Waals surface area (Å²) in [5.74, 6) is 1.50. The van der Waals surface area contributed by atoms with Crippen LogP contribution in [0.4, 0.5) is 0 Å². The van der Waals surface area contributed by atoms with Crippen molar-refractivity contribution < 1.29 is 9.84 Å². The second-order valence-electron chi connectivity index (χ2n) is 5.51. The van der Waals surface area contributed by atoms with E-state index in [1.165, 1.54) is 32.1 Å². The van der Waals surface area contributed by atoms with Crippen molar-refractivity contribution in [1.29, 1.82) is 0 Å². The molecule has 0 aromatic carbocycles. The van der Waals surface area contributed by atoms with Crippen LogP contribution in [0.2, 0.25) is 0 Å². The minimum absolute atomic E-state index is 0.459. The van der Waals surface area contributed by atoms with Gasteiger partial charge in [0.1, 0.15) is 5.69 Å². The number of aromatic nitrogens is 2. The molecular formula is C15H26N2O2. The molecular weight excluding hydrogens is 240 g/mol. The first kappa shape index (κ1) is 14.4. The highest BCUT2D eigenvalue weighted by Gasteiger charge is 2.21. The van der Waals surface area contributed by atoms with Crippen LogP contribution in [0.3, 0.4) is 0 Å². The molecule has 1 saturated carbocycles. The summed E-state index contributed by atoms with van der Waals surface area (Å²) in [6.07, 6.45) is 9.92. The molecule has 108 valence electrons. The van der Waals surface area contributed by atoms with Crippen LogP contribution in [0.15, 0.2) is 6.20 Å². The van der Waals surface area contributed by atoms with Crippen molar-refractivity contribution in [2.45, 2.75) is 64.5 Å². The zero-order chi connectivity index (χ0) is 13.7. The molecule has 1 fully saturated rings. The van der Waals surface area contributed by atoms with Crippen molar-refractivity contribution in [2.24, 2.45) is 5.92 Å². The molecule has 1 aliphatic rings. The molecule has 1 heterocycles. The van der Waals surface area contributed by atoms with Gasteiger partial charge < -0.3 is 9.84 Å². The smallest absolute Gasteiger partial charge is 0.162 e. The van der Waals surface area contributed by atoms with Crippen LogP contribution in [-0.2, 0) is 6.54 Å². The minimum atomic E-state index is -0.459. The van der Waals surface area contributed by atoms with Crippen molar-refractivity contribution >= 4 is 0 Å². The minimum Gasteiger partial charge on any atom is -0.493 e. The van der Waals surface area contributed by atoms with Crippen molar-refractivity contribution in [3.05, 3.63) is 11.9 Å². The van der Waals surface area contributed by atoms with E-state index in [-0.39, 0.29) is 0 Å². The predicted octanol–water partition coefficient (Wildman–Crippen LogP) is 3.31. The lowest BCUT2D eigenvalue weighted by Crippen LogP contribution is -2.12. The lowest BCUT2D eigenvalue weighted by atomic mass is 9.85. The van der Waals surface area contributed by atoms with E-state index < -0.39 is 6.10 Å². The third-order valence-corrected chi connectivity index (χ3v) is 4.25. The summed E-state index contributed by atoms with van der Waals surface area (Å²) in [6.45, 7) is 2.79. The highest BCUT2D eigenvalue weighted by Crippen LogP contribution is 2.33. The maximum atomic E-state index is 10.4. The molecule has 2 rings (SSSR count). The topological polar surface area (TPSA) is 47.3 Å². The van der Waals surface area contributed by atoms with Gasteiger partial charge in [-0.05, 0) is 25.7 Å². The van der Waals surface area contributed by atoms with Crippen LogP contribution in [-0.4, -0.2) is 22.0 Å². The van der Waals surface area contributed by atoms with E-state index in [1.54, 1.807) is 13.3 Å². The number of aliphatic hydroxyl groups is 1. The Bertz CT molecular complexity index is 362. The fraction of sp³-hybridized carbons (Fsp3) is 0.800. The van der Waals surface area contributed by atoms with Gasteiger partial charge in [-0.15, -0.1) is 0 Å². The number of rotatable bonds is 6. The molecule has 4 nitrogen and oxygen atoms in total. The van der Waals surface area contributed by atoms with Gasteiger partial charge >= 0.3 is 0 Å². The molecule has 0 bridgehead atoms. The molecule has 1 aliphatic carbocycles.